The molecule has 5 aliphatic rings. The van der Waals surface area contributed by atoms with Crippen molar-refractivity contribution in [2.75, 3.05) is 68.0 Å². The summed E-state index contributed by atoms with van der Waals surface area (Å²) in [4.78, 5) is 57.5. The van der Waals surface area contributed by atoms with E-state index in [2.05, 4.69) is 57.7 Å². The molecule has 2 saturated carbocycles. The molecule has 0 bridgehead atoms. The van der Waals surface area contributed by atoms with Gasteiger partial charge in [-0.15, -0.1) is 0 Å². The van der Waals surface area contributed by atoms with Crippen molar-refractivity contribution in [1.82, 2.24) is 49.9 Å². The van der Waals surface area contributed by atoms with E-state index in [0.717, 1.165) is 68.8 Å². The van der Waals surface area contributed by atoms with Crippen LogP contribution in [0.4, 0.5) is 21.6 Å². The van der Waals surface area contributed by atoms with Gasteiger partial charge in [0.25, 0.3) is 5.91 Å². The second-order valence-electron chi connectivity index (χ2n) is 18.6. The van der Waals surface area contributed by atoms with Crippen LogP contribution in [0.2, 0.25) is 5.02 Å². The second kappa shape index (κ2) is 18.4. The van der Waals surface area contributed by atoms with Gasteiger partial charge >= 0.3 is 0 Å². The number of hydrogen-bond acceptors (Lipinski definition) is 14. The highest BCUT2D eigenvalue weighted by Gasteiger charge is 2.55. The van der Waals surface area contributed by atoms with Crippen LogP contribution in [0.3, 0.4) is 0 Å². The molecule has 2 aliphatic carbocycles. The number of nitrogens with one attached hydrogen (secondary N) is 3. The molecule has 1 aromatic carbocycles. The maximum atomic E-state index is 15.6. The van der Waals surface area contributed by atoms with Crippen LogP contribution in [0.25, 0.3) is 28.0 Å². The van der Waals surface area contributed by atoms with Crippen molar-refractivity contribution in [3.63, 3.8) is 0 Å². The number of carbonyl (C=O) groups is 3. The number of benzene rings is 1. The van der Waals surface area contributed by atoms with E-state index in [1.807, 2.05) is 30.7 Å². The fourth-order valence-electron chi connectivity index (χ4n) is 10.9. The van der Waals surface area contributed by atoms with Gasteiger partial charge in [0.1, 0.15) is 46.3 Å². The molecule has 3 saturated heterocycles. The molecule has 0 radical (unpaired) electrons. The first-order valence-corrected chi connectivity index (χ1v) is 23.9. The van der Waals surface area contributed by atoms with E-state index in [-0.39, 0.29) is 30.0 Å². The molecule has 20 heteroatoms. The Balaban J connectivity index is 0.700. The van der Waals surface area contributed by atoms with Crippen molar-refractivity contribution in [3.8, 4) is 34.3 Å². The first-order chi connectivity index (χ1) is 33.6. The van der Waals surface area contributed by atoms with E-state index in [4.69, 9.17) is 31.4 Å². The second-order valence-corrected chi connectivity index (χ2v) is 19.0. The predicted octanol–water partition coefficient (Wildman–Crippen LogP) is 5.36. The van der Waals surface area contributed by atoms with Gasteiger partial charge < -0.3 is 25.2 Å². The van der Waals surface area contributed by atoms with Gasteiger partial charge in [0.15, 0.2) is 0 Å². The smallest absolute Gasteiger partial charge is 0.271 e. The summed E-state index contributed by atoms with van der Waals surface area (Å²) in [7, 11) is 1.52. The molecule has 3 N–H and O–H groups in total. The number of methoxy groups -OCH3 is 1. The van der Waals surface area contributed by atoms with Crippen molar-refractivity contribution >= 4 is 52.0 Å². The van der Waals surface area contributed by atoms with Gasteiger partial charge in [-0.3, -0.25) is 29.3 Å². The van der Waals surface area contributed by atoms with E-state index >= 15 is 4.39 Å². The maximum Gasteiger partial charge on any atom is 0.271 e. The number of nitriles is 1. The number of fused-ring (bicyclic) bond motifs is 2. The Morgan fingerprint density at radius 2 is 1.74 bits per heavy atom. The molecule has 69 heavy (non-hydrogen) atoms. The minimum atomic E-state index is -0.648. The molecule has 0 spiro atoms. The topological polar surface area (TPSA) is 204 Å². The average molecular weight is 953 g/mol. The lowest BCUT2D eigenvalue weighted by Crippen LogP contribution is -2.51. The Kier molecular flexibility index (Phi) is 11.8. The number of amides is 3. The molecule has 3 amide bonds. The number of nitrogens with zero attached hydrogens (tertiary/aromatic N) is 11. The van der Waals surface area contributed by atoms with Gasteiger partial charge in [-0.2, -0.15) is 15.5 Å². The number of ether oxygens (including phenoxy) is 1. The number of piperazine rings is 1. The van der Waals surface area contributed by atoms with Crippen LogP contribution < -0.4 is 30.5 Å². The summed E-state index contributed by atoms with van der Waals surface area (Å²) in [6.45, 7) is 5.25. The molecule has 4 atom stereocenters. The van der Waals surface area contributed by atoms with Crippen LogP contribution in [0.15, 0.2) is 73.6 Å². The Morgan fingerprint density at radius 3 is 2.46 bits per heavy atom. The summed E-state index contributed by atoms with van der Waals surface area (Å²) >= 11 is 6.17. The third-order valence-corrected chi connectivity index (χ3v) is 15.1. The Labute approximate surface area is 401 Å². The number of aromatic nitrogens is 7. The number of pyridine rings is 2. The zero-order valence-electron chi connectivity index (χ0n) is 37.9. The van der Waals surface area contributed by atoms with Crippen LogP contribution in [0.1, 0.15) is 60.6 Å². The van der Waals surface area contributed by atoms with Crippen molar-refractivity contribution in [3.05, 3.63) is 95.7 Å². The first-order valence-electron chi connectivity index (χ1n) is 23.5. The number of piperidine rings is 2. The largest absolute Gasteiger partial charge is 0.495 e. The number of anilines is 3. The molecule has 11 rings (SSSR count). The highest BCUT2D eigenvalue weighted by Crippen LogP contribution is 2.52. The van der Waals surface area contributed by atoms with Crippen molar-refractivity contribution in [1.29, 1.82) is 5.26 Å². The molecule has 5 aromatic heterocycles. The van der Waals surface area contributed by atoms with Crippen molar-refractivity contribution < 1.29 is 23.5 Å². The minimum Gasteiger partial charge on any atom is -0.495 e. The molecule has 18 nitrogen and oxygen atoms in total. The van der Waals surface area contributed by atoms with E-state index in [9.17, 15) is 19.6 Å². The summed E-state index contributed by atoms with van der Waals surface area (Å²) in [5.74, 6) is 1.27. The molecule has 5 fully saturated rings. The third-order valence-electron chi connectivity index (χ3n) is 14.8. The van der Waals surface area contributed by atoms with E-state index < -0.39 is 17.8 Å². The molecule has 6 aromatic rings. The normalized spacial score (nSPS) is 23.6. The van der Waals surface area contributed by atoms with Gasteiger partial charge in [-0.25, -0.2) is 23.9 Å². The Morgan fingerprint density at radius 1 is 0.942 bits per heavy atom. The Bertz CT molecular complexity index is 2980. The van der Waals surface area contributed by atoms with Crippen LogP contribution in [0.5, 0.6) is 5.75 Å². The zero-order chi connectivity index (χ0) is 47.3. The van der Waals surface area contributed by atoms with Crippen molar-refractivity contribution in [2.45, 2.75) is 56.7 Å². The van der Waals surface area contributed by atoms with Gasteiger partial charge in [0, 0.05) is 100 Å². The Hall–Kier alpha value is -7.17. The maximum absolute atomic E-state index is 15.6. The van der Waals surface area contributed by atoms with Gasteiger partial charge in [-0.05, 0) is 74.1 Å². The van der Waals surface area contributed by atoms with E-state index in [0.29, 0.717) is 94.5 Å². The van der Waals surface area contributed by atoms with Gasteiger partial charge in [0.05, 0.1) is 59.5 Å². The summed E-state index contributed by atoms with van der Waals surface area (Å²) in [6.07, 6.45) is 15.2. The van der Waals surface area contributed by atoms with E-state index in [1.165, 1.54) is 13.2 Å². The van der Waals surface area contributed by atoms with E-state index in [1.54, 1.807) is 35.1 Å². The fourth-order valence-corrected chi connectivity index (χ4v) is 11.1. The lowest BCUT2D eigenvalue weighted by atomic mass is 9.90. The lowest BCUT2D eigenvalue weighted by molar-refractivity contribution is -0.133. The van der Waals surface area contributed by atoms with Crippen LogP contribution in [-0.4, -0.2) is 122 Å². The molecule has 1 unspecified atom stereocenters. The summed E-state index contributed by atoms with van der Waals surface area (Å²) in [6, 6.07) is 12.7. The predicted molar refractivity (Wildman–Crippen MR) is 254 cm³/mol. The fraction of sp³-hybridized carbons (Fsp3) is 0.408. The highest BCUT2D eigenvalue weighted by molar-refractivity contribution is 6.33. The first kappa shape index (κ1) is 44.3. The number of halogens is 2. The minimum absolute atomic E-state index is 0.217. The van der Waals surface area contributed by atoms with Crippen LogP contribution in [0, 0.1) is 34.9 Å². The standard InChI is InChI=1S/C49H50ClFN14O4/c1-69-42-18-41(37(51)17-39(42)58-38-9-11-44(66)60-48(38)67)62-15-13-61(14-16-62)31-5-7-32(8-6-31)64-24-30(22-56-64)40-27-65-47(29(19-52)21-57-65)45(59-40)28-4-10-43(54-20-28)63-25-34-33(35(34)26-63)23-55-49(68)46-36(50)3-2-12-53-46/h2-4,10,12,17-18,20-22,24,27,31-35,38,58H,5-9,11,13-16,23,25-26H2,1H3,(H,55,68)(H,60,66,67)/t31-,32-,33-,34-,35+,38?. The quantitative estimate of drug-likeness (QED) is 0.132. The third kappa shape index (κ3) is 8.67. The van der Waals surface area contributed by atoms with Crippen LogP contribution >= 0.6 is 11.6 Å². The number of hydrogen-bond donors (Lipinski definition) is 3. The average Bonchev–Trinajstić information content (AvgIpc) is 3.84. The number of rotatable bonds is 12. The lowest BCUT2D eigenvalue weighted by Gasteiger charge is -2.42. The molecular weight excluding hydrogens is 903 g/mol. The molecule has 354 valence electrons. The van der Waals surface area contributed by atoms with Crippen molar-refractivity contribution in [2.24, 2.45) is 17.8 Å². The number of imide groups is 1. The monoisotopic (exact) mass is 952 g/mol. The summed E-state index contributed by atoms with van der Waals surface area (Å²) in [5.41, 5.74) is 5.04. The van der Waals surface area contributed by atoms with Gasteiger partial charge in [0.2, 0.25) is 11.8 Å². The summed E-state index contributed by atoms with van der Waals surface area (Å²) in [5, 5.41) is 28.1. The highest BCUT2D eigenvalue weighted by atomic mass is 35.5. The van der Waals surface area contributed by atoms with Gasteiger partial charge in [-0.1, -0.05) is 11.6 Å². The zero-order valence-corrected chi connectivity index (χ0v) is 38.6. The molecular formula is C49H50ClFN14O4. The SMILES string of the molecule is COc1cc(N2CCN([C@H]3CC[C@H](n4cc(-c5cn6ncc(C#N)c6c(-c6ccc(N7C[C@@H]8[C@@H](CNC(=O)c9ncccc9Cl)[C@@H]8C7)nc6)n5)cn4)CC3)CC2)c(F)cc1NC1CCC(=O)NC1=O. The number of carbonyl (C=O) groups excluding carboxylic acids is 3. The molecule has 3 aliphatic heterocycles. The van der Waals surface area contributed by atoms with Crippen LogP contribution in [-0.2, 0) is 9.59 Å². The summed E-state index contributed by atoms with van der Waals surface area (Å²) < 4.78 is 25.0. The molecule has 8 heterocycles.